The molecule has 0 aliphatic rings. The molecule has 0 aliphatic heterocycles. The van der Waals surface area contributed by atoms with Crippen molar-refractivity contribution in [3.63, 3.8) is 0 Å². The van der Waals surface area contributed by atoms with Crippen LogP contribution in [0.3, 0.4) is 0 Å². The molecule has 3 nitrogen and oxygen atoms in total. The number of rotatable bonds is 5. The predicted molar refractivity (Wildman–Crippen MR) is 58.3 cm³/mol. The van der Waals surface area contributed by atoms with Crippen LogP contribution in [0.5, 0.6) is 5.75 Å². The zero-order chi connectivity index (χ0) is 12.1. The van der Waals surface area contributed by atoms with Gasteiger partial charge in [0.1, 0.15) is 23.7 Å². The van der Waals surface area contributed by atoms with Gasteiger partial charge >= 0.3 is 5.97 Å². The van der Waals surface area contributed by atoms with Crippen LogP contribution >= 0.6 is 0 Å². The van der Waals surface area contributed by atoms with E-state index in [1.165, 1.54) is 6.07 Å². The molecule has 1 aromatic rings. The molecule has 86 valence electrons. The maximum absolute atomic E-state index is 12.8. The van der Waals surface area contributed by atoms with Crippen LogP contribution in [0.4, 0.5) is 4.39 Å². The van der Waals surface area contributed by atoms with Crippen molar-refractivity contribution in [1.82, 2.24) is 0 Å². The lowest BCUT2D eigenvalue weighted by Gasteiger charge is -2.09. The summed E-state index contributed by atoms with van der Waals surface area (Å²) >= 11 is 0. The molecule has 0 spiro atoms. The van der Waals surface area contributed by atoms with E-state index in [2.05, 4.69) is 6.58 Å². The van der Waals surface area contributed by atoms with Crippen LogP contribution in [-0.2, 0) is 0 Å². The zero-order valence-electron chi connectivity index (χ0n) is 9.00. The highest BCUT2D eigenvalue weighted by Gasteiger charge is 2.12. The summed E-state index contributed by atoms with van der Waals surface area (Å²) in [5, 5.41) is 8.84. The second-order valence-electron chi connectivity index (χ2n) is 3.34. The molecule has 0 unspecified atom stereocenters. The number of carboxylic acids is 1. The Morgan fingerprint density at radius 3 is 2.81 bits per heavy atom. The van der Waals surface area contributed by atoms with E-state index in [4.69, 9.17) is 9.84 Å². The Kier molecular flexibility index (Phi) is 4.05. The highest BCUT2D eigenvalue weighted by Crippen LogP contribution is 2.20. The quantitative estimate of drug-likeness (QED) is 0.782. The summed E-state index contributed by atoms with van der Waals surface area (Å²) in [4.78, 5) is 10.8. The molecule has 0 saturated carbocycles. The molecule has 4 heteroatoms. The van der Waals surface area contributed by atoms with E-state index >= 15 is 0 Å². The molecule has 1 aromatic carbocycles. The van der Waals surface area contributed by atoms with Gasteiger partial charge in [-0.05, 0) is 30.2 Å². The number of carboxylic acid groups (broad SMARTS) is 1. The van der Waals surface area contributed by atoms with Crippen molar-refractivity contribution in [2.75, 3.05) is 6.61 Å². The van der Waals surface area contributed by atoms with E-state index in [0.717, 1.165) is 24.1 Å². The van der Waals surface area contributed by atoms with Crippen LogP contribution in [0.2, 0.25) is 0 Å². The first-order valence-electron chi connectivity index (χ1n) is 4.87. The molecule has 0 fully saturated rings. The molecule has 0 amide bonds. The highest BCUT2D eigenvalue weighted by molar-refractivity contribution is 5.90. The number of ether oxygens (including phenoxy) is 1. The average Bonchev–Trinajstić information content (AvgIpc) is 2.26. The Bertz CT molecular complexity index is 413. The molecule has 0 radical (unpaired) electrons. The van der Waals surface area contributed by atoms with Gasteiger partial charge in [-0.15, -0.1) is 0 Å². The Morgan fingerprint density at radius 2 is 2.25 bits per heavy atom. The van der Waals surface area contributed by atoms with Crippen molar-refractivity contribution in [3.05, 3.63) is 41.7 Å². The Hall–Kier alpha value is -1.84. The number of hydrogen-bond acceptors (Lipinski definition) is 2. The monoisotopic (exact) mass is 224 g/mol. The maximum Gasteiger partial charge on any atom is 0.339 e. The molecule has 0 heterocycles. The SMILES string of the molecule is C=C(CC)COc1ccc(F)cc1C(=O)O. The summed E-state index contributed by atoms with van der Waals surface area (Å²) in [5.41, 5.74) is 0.671. The smallest absolute Gasteiger partial charge is 0.339 e. The van der Waals surface area contributed by atoms with E-state index in [1.54, 1.807) is 0 Å². The number of benzene rings is 1. The van der Waals surface area contributed by atoms with E-state index in [9.17, 15) is 9.18 Å². The van der Waals surface area contributed by atoms with Crippen molar-refractivity contribution >= 4 is 5.97 Å². The minimum atomic E-state index is -1.21. The first kappa shape index (κ1) is 12.2. The lowest BCUT2D eigenvalue weighted by atomic mass is 10.2. The molecular weight excluding hydrogens is 211 g/mol. The second-order valence-corrected chi connectivity index (χ2v) is 3.34. The molecule has 0 atom stereocenters. The predicted octanol–water partition coefficient (Wildman–Crippen LogP) is 2.87. The standard InChI is InChI=1S/C12H13FO3/c1-3-8(2)7-16-11-5-4-9(13)6-10(11)12(14)15/h4-6H,2-3,7H2,1H3,(H,14,15). The van der Waals surface area contributed by atoms with E-state index in [-0.39, 0.29) is 17.9 Å². The van der Waals surface area contributed by atoms with Gasteiger partial charge in [-0.2, -0.15) is 0 Å². The molecule has 0 bridgehead atoms. The van der Waals surface area contributed by atoms with Gasteiger partial charge in [0.05, 0.1) is 0 Å². The normalized spacial score (nSPS) is 9.88. The average molecular weight is 224 g/mol. The van der Waals surface area contributed by atoms with Crippen LogP contribution in [0, 0.1) is 5.82 Å². The topological polar surface area (TPSA) is 46.5 Å². The van der Waals surface area contributed by atoms with Crippen molar-refractivity contribution < 1.29 is 19.0 Å². The van der Waals surface area contributed by atoms with Gasteiger partial charge < -0.3 is 9.84 Å². The molecular formula is C12H13FO3. The van der Waals surface area contributed by atoms with Crippen molar-refractivity contribution in [3.8, 4) is 5.75 Å². The number of halogens is 1. The third-order valence-corrected chi connectivity index (χ3v) is 2.10. The third-order valence-electron chi connectivity index (χ3n) is 2.10. The fourth-order valence-electron chi connectivity index (χ4n) is 1.08. The fraction of sp³-hybridized carbons (Fsp3) is 0.250. The van der Waals surface area contributed by atoms with Gasteiger partial charge in [0, 0.05) is 0 Å². The highest BCUT2D eigenvalue weighted by atomic mass is 19.1. The van der Waals surface area contributed by atoms with Gasteiger partial charge in [-0.1, -0.05) is 13.5 Å². The first-order chi connectivity index (χ1) is 7.54. The summed E-state index contributed by atoms with van der Waals surface area (Å²) in [6.45, 7) is 5.90. The van der Waals surface area contributed by atoms with Crippen molar-refractivity contribution in [2.45, 2.75) is 13.3 Å². The Labute approximate surface area is 93.2 Å². The molecule has 16 heavy (non-hydrogen) atoms. The van der Waals surface area contributed by atoms with Gasteiger partial charge in [0.15, 0.2) is 0 Å². The van der Waals surface area contributed by atoms with E-state index in [0.29, 0.717) is 0 Å². The van der Waals surface area contributed by atoms with Gasteiger partial charge in [0.25, 0.3) is 0 Å². The lowest BCUT2D eigenvalue weighted by Crippen LogP contribution is -2.06. The number of carbonyl (C=O) groups is 1. The summed E-state index contributed by atoms with van der Waals surface area (Å²) in [7, 11) is 0. The van der Waals surface area contributed by atoms with Crippen LogP contribution in [0.1, 0.15) is 23.7 Å². The van der Waals surface area contributed by atoms with Crippen LogP contribution in [0.25, 0.3) is 0 Å². The lowest BCUT2D eigenvalue weighted by molar-refractivity contribution is 0.0692. The van der Waals surface area contributed by atoms with Crippen LogP contribution in [0.15, 0.2) is 30.4 Å². The third kappa shape index (κ3) is 3.08. The fourth-order valence-corrected chi connectivity index (χ4v) is 1.08. The van der Waals surface area contributed by atoms with Crippen LogP contribution in [-0.4, -0.2) is 17.7 Å². The van der Waals surface area contributed by atoms with Crippen molar-refractivity contribution in [1.29, 1.82) is 0 Å². The zero-order valence-corrected chi connectivity index (χ0v) is 9.00. The van der Waals surface area contributed by atoms with Crippen molar-refractivity contribution in [2.24, 2.45) is 0 Å². The first-order valence-corrected chi connectivity index (χ1v) is 4.87. The molecule has 0 aliphatic carbocycles. The summed E-state index contributed by atoms with van der Waals surface area (Å²) in [6, 6.07) is 3.41. The Morgan fingerprint density at radius 1 is 1.56 bits per heavy atom. The molecule has 0 saturated heterocycles. The van der Waals surface area contributed by atoms with E-state index in [1.807, 2.05) is 6.92 Å². The molecule has 1 rings (SSSR count). The maximum atomic E-state index is 12.8. The van der Waals surface area contributed by atoms with Gasteiger partial charge in [-0.3, -0.25) is 0 Å². The summed E-state index contributed by atoms with van der Waals surface area (Å²) in [5.74, 6) is -1.65. The minimum Gasteiger partial charge on any atom is -0.488 e. The minimum absolute atomic E-state index is 0.156. The van der Waals surface area contributed by atoms with E-state index < -0.39 is 11.8 Å². The van der Waals surface area contributed by atoms with Crippen LogP contribution < -0.4 is 4.74 Å². The largest absolute Gasteiger partial charge is 0.488 e. The molecule has 1 N–H and O–H groups in total. The Balaban J connectivity index is 2.87. The summed E-state index contributed by atoms with van der Waals surface area (Å²) in [6.07, 6.45) is 0.754. The van der Waals surface area contributed by atoms with Gasteiger partial charge in [-0.25, -0.2) is 9.18 Å². The summed E-state index contributed by atoms with van der Waals surface area (Å²) < 4.78 is 18.1. The van der Waals surface area contributed by atoms with Gasteiger partial charge in [0.2, 0.25) is 0 Å². The second kappa shape index (κ2) is 5.30. The number of aromatic carboxylic acids is 1. The number of hydrogen-bond donors (Lipinski definition) is 1. The molecule has 0 aromatic heterocycles.